The van der Waals surface area contributed by atoms with Crippen LogP contribution in [0, 0.1) is 0 Å². The van der Waals surface area contributed by atoms with Gasteiger partial charge in [0.1, 0.15) is 5.75 Å². The minimum absolute atomic E-state index is 0.138. The highest BCUT2D eigenvalue weighted by atomic mass is 16.5. The molecule has 6 nitrogen and oxygen atoms in total. The summed E-state index contributed by atoms with van der Waals surface area (Å²) < 4.78 is 5.13. The first kappa shape index (κ1) is 19.6. The first-order valence-corrected chi connectivity index (χ1v) is 9.93. The van der Waals surface area contributed by atoms with E-state index >= 15 is 0 Å². The third kappa shape index (κ3) is 4.62. The molecule has 0 radical (unpaired) electrons. The van der Waals surface area contributed by atoms with Crippen LogP contribution in [0.15, 0.2) is 83.3 Å². The molecule has 1 amide bonds. The van der Waals surface area contributed by atoms with Crippen molar-refractivity contribution in [3.8, 4) is 5.75 Å². The summed E-state index contributed by atoms with van der Waals surface area (Å²) in [5.74, 6) is 0.590. The number of piperazine rings is 1. The van der Waals surface area contributed by atoms with Gasteiger partial charge >= 0.3 is 0 Å². The van der Waals surface area contributed by atoms with Gasteiger partial charge in [0.2, 0.25) is 0 Å². The zero-order valence-corrected chi connectivity index (χ0v) is 16.9. The average Bonchev–Trinajstić information content (AvgIpc) is 3.09. The average molecular weight is 400 g/mol. The summed E-state index contributed by atoms with van der Waals surface area (Å²) in [6.45, 7) is 3.73. The van der Waals surface area contributed by atoms with Crippen molar-refractivity contribution in [3.05, 3.63) is 83.9 Å². The molecule has 6 heteroatoms. The lowest BCUT2D eigenvalue weighted by atomic mass is 10.2. The number of nitrogens with one attached hydrogen (secondary N) is 1. The van der Waals surface area contributed by atoms with Crippen molar-refractivity contribution in [2.75, 3.05) is 43.5 Å². The molecule has 4 rings (SSSR count). The van der Waals surface area contributed by atoms with E-state index in [4.69, 9.17) is 4.74 Å². The predicted molar refractivity (Wildman–Crippen MR) is 120 cm³/mol. The first-order chi connectivity index (χ1) is 14.7. The third-order valence-corrected chi connectivity index (χ3v) is 5.19. The summed E-state index contributed by atoms with van der Waals surface area (Å²) in [6.07, 6.45) is 7.50. The summed E-state index contributed by atoms with van der Waals surface area (Å²) >= 11 is 0. The van der Waals surface area contributed by atoms with Crippen molar-refractivity contribution in [3.63, 3.8) is 0 Å². The number of hydrogen-bond acceptors (Lipinski definition) is 5. The van der Waals surface area contributed by atoms with Crippen LogP contribution in [0.2, 0.25) is 0 Å². The fourth-order valence-corrected chi connectivity index (χ4v) is 3.49. The van der Waals surface area contributed by atoms with Gasteiger partial charge in [-0.15, -0.1) is 5.73 Å². The van der Waals surface area contributed by atoms with Crippen molar-refractivity contribution in [2.45, 2.75) is 0 Å². The highest BCUT2D eigenvalue weighted by Crippen LogP contribution is 2.21. The van der Waals surface area contributed by atoms with E-state index in [0.29, 0.717) is 5.56 Å². The minimum Gasteiger partial charge on any atom is -0.497 e. The van der Waals surface area contributed by atoms with E-state index in [-0.39, 0.29) is 5.91 Å². The Kier molecular flexibility index (Phi) is 5.97. The molecule has 0 aliphatic carbocycles. The zero-order valence-electron chi connectivity index (χ0n) is 16.9. The molecule has 0 spiro atoms. The summed E-state index contributed by atoms with van der Waals surface area (Å²) in [5.41, 5.74) is 6.63. The highest BCUT2D eigenvalue weighted by molar-refractivity contribution is 6.04. The SMILES string of the molecule is COc1ccc(C(=O)Nc2ccc(N3CCN(C4=CC=C=CN=C4)CC3)cc2)cc1. The molecule has 2 aromatic rings. The topological polar surface area (TPSA) is 57.2 Å². The van der Waals surface area contributed by atoms with E-state index in [1.165, 1.54) is 0 Å². The second-order valence-corrected chi connectivity index (χ2v) is 7.04. The van der Waals surface area contributed by atoms with Crippen LogP contribution in [-0.4, -0.2) is 50.3 Å². The molecule has 1 saturated heterocycles. The summed E-state index contributed by atoms with van der Waals surface area (Å²) in [6, 6.07) is 15.1. The quantitative estimate of drug-likeness (QED) is 0.778. The molecular weight excluding hydrogens is 376 g/mol. The maximum absolute atomic E-state index is 12.4. The predicted octanol–water partition coefficient (Wildman–Crippen LogP) is 3.71. The Morgan fingerprint density at radius 3 is 2.40 bits per heavy atom. The lowest BCUT2D eigenvalue weighted by Crippen LogP contribution is -2.46. The van der Waals surface area contributed by atoms with Crippen molar-refractivity contribution in [2.24, 2.45) is 4.99 Å². The molecule has 1 N–H and O–H groups in total. The number of nitrogens with zero attached hydrogens (tertiary/aromatic N) is 3. The number of aliphatic imine (C=N–C) groups is 1. The molecule has 0 bridgehead atoms. The van der Waals surface area contributed by atoms with E-state index < -0.39 is 0 Å². The molecule has 30 heavy (non-hydrogen) atoms. The van der Waals surface area contributed by atoms with Crippen molar-refractivity contribution in [1.82, 2.24) is 4.90 Å². The van der Waals surface area contributed by atoms with Crippen LogP contribution < -0.4 is 15.0 Å². The maximum Gasteiger partial charge on any atom is 0.255 e. The number of amides is 1. The number of anilines is 2. The van der Waals surface area contributed by atoms with Crippen LogP contribution >= 0.6 is 0 Å². The second-order valence-electron chi connectivity index (χ2n) is 7.04. The van der Waals surface area contributed by atoms with Crippen LogP contribution in [0.5, 0.6) is 5.75 Å². The van der Waals surface area contributed by atoms with E-state index in [2.05, 4.69) is 38.0 Å². The van der Waals surface area contributed by atoms with Gasteiger partial charge in [-0.05, 0) is 60.7 Å². The largest absolute Gasteiger partial charge is 0.497 e. The van der Waals surface area contributed by atoms with E-state index in [9.17, 15) is 4.79 Å². The number of ether oxygens (including phenoxy) is 1. The van der Waals surface area contributed by atoms with Gasteiger partial charge in [-0.25, -0.2) is 0 Å². The van der Waals surface area contributed by atoms with Gasteiger partial charge in [0, 0.05) is 43.1 Å². The number of methoxy groups -OCH3 is 1. The number of rotatable bonds is 5. The number of carbonyl (C=O) groups is 1. The Labute approximate surface area is 176 Å². The van der Waals surface area contributed by atoms with Gasteiger partial charge < -0.3 is 19.9 Å². The Hall–Kier alpha value is -3.76. The summed E-state index contributed by atoms with van der Waals surface area (Å²) in [7, 11) is 1.61. The Morgan fingerprint density at radius 2 is 1.70 bits per heavy atom. The van der Waals surface area contributed by atoms with E-state index in [0.717, 1.165) is 49.0 Å². The zero-order chi connectivity index (χ0) is 20.8. The Bertz CT molecular complexity index is 1010. The monoisotopic (exact) mass is 400 g/mol. The molecule has 0 unspecified atom stereocenters. The minimum atomic E-state index is -0.138. The molecule has 0 saturated carbocycles. The van der Waals surface area contributed by atoms with Crippen LogP contribution in [-0.2, 0) is 0 Å². The number of benzene rings is 2. The Morgan fingerprint density at radius 1 is 1.00 bits per heavy atom. The maximum atomic E-state index is 12.4. The smallest absolute Gasteiger partial charge is 0.255 e. The molecule has 152 valence electrons. The van der Waals surface area contributed by atoms with Crippen LogP contribution in [0.1, 0.15) is 10.4 Å². The van der Waals surface area contributed by atoms with Crippen molar-refractivity contribution in [1.29, 1.82) is 0 Å². The highest BCUT2D eigenvalue weighted by Gasteiger charge is 2.18. The summed E-state index contributed by atoms with van der Waals surface area (Å²) in [4.78, 5) is 21.3. The molecule has 2 aromatic carbocycles. The van der Waals surface area contributed by atoms with Gasteiger partial charge in [0.15, 0.2) is 0 Å². The van der Waals surface area contributed by atoms with Gasteiger partial charge in [0.05, 0.1) is 25.2 Å². The molecule has 0 atom stereocenters. The molecule has 2 aliphatic rings. The second kappa shape index (κ2) is 9.16. The van der Waals surface area contributed by atoms with Crippen LogP contribution in [0.25, 0.3) is 0 Å². The Balaban J connectivity index is 1.33. The fraction of sp³-hybridized carbons (Fsp3) is 0.208. The lowest BCUT2D eigenvalue weighted by Gasteiger charge is -2.37. The van der Waals surface area contributed by atoms with Crippen LogP contribution in [0.4, 0.5) is 11.4 Å². The van der Waals surface area contributed by atoms with Crippen LogP contribution in [0.3, 0.4) is 0 Å². The first-order valence-electron chi connectivity index (χ1n) is 9.93. The van der Waals surface area contributed by atoms with Crippen molar-refractivity contribution < 1.29 is 9.53 Å². The number of allylic oxidation sites excluding steroid dienone is 3. The van der Waals surface area contributed by atoms with Gasteiger partial charge in [-0.1, -0.05) is 0 Å². The van der Waals surface area contributed by atoms with Gasteiger partial charge in [-0.2, -0.15) is 0 Å². The fourth-order valence-electron chi connectivity index (χ4n) is 3.49. The van der Waals surface area contributed by atoms with E-state index in [1.54, 1.807) is 37.6 Å². The van der Waals surface area contributed by atoms with Gasteiger partial charge in [0.25, 0.3) is 5.91 Å². The van der Waals surface area contributed by atoms with E-state index in [1.807, 2.05) is 30.5 Å². The van der Waals surface area contributed by atoms with Gasteiger partial charge in [-0.3, -0.25) is 9.79 Å². The summed E-state index contributed by atoms with van der Waals surface area (Å²) in [5, 5.41) is 2.94. The molecule has 0 aromatic heterocycles. The number of hydrogen-bond donors (Lipinski definition) is 1. The van der Waals surface area contributed by atoms with Crippen molar-refractivity contribution >= 4 is 23.5 Å². The molecule has 2 heterocycles. The normalized spacial score (nSPS) is 15.6. The molecular formula is C24H24N4O2. The third-order valence-electron chi connectivity index (χ3n) is 5.19. The standard InChI is InChI=1S/C24H24N4O2/c1-30-23-11-5-19(6-12-23)24(29)26-20-7-9-21(10-8-20)27-14-16-28(17-15-27)22-4-2-3-13-25-18-22/h2,4-13,18H,14-17H2,1H3,(H,26,29). The molecule has 2 aliphatic heterocycles. The number of carbonyl (C=O) groups excluding carboxylic acids is 1. The lowest BCUT2D eigenvalue weighted by molar-refractivity contribution is 0.102. The molecule has 1 fully saturated rings.